The lowest BCUT2D eigenvalue weighted by Gasteiger charge is -2.06. The highest BCUT2D eigenvalue weighted by Gasteiger charge is 2.10. The van der Waals surface area contributed by atoms with E-state index in [1.807, 2.05) is 47.8 Å². The van der Waals surface area contributed by atoms with Crippen LogP contribution < -0.4 is 10.1 Å². The lowest BCUT2D eigenvalue weighted by Crippen LogP contribution is -2.21. The van der Waals surface area contributed by atoms with Crippen molar-refractivity contribution in [2.24, 2.45) is 0 Å². The lowest BCUT2D eigenvalue weighted by molar-refractivity contribution is 0.0952. The van der Waals surface area contributed by atoms with Crippen molar-refractivity contribution in [1.29, 1.82) is 0 Å². The molecule has 2 heterocycles. The molecule has 4 rings (SSSR count). The molecule has 2 aromatic heterocycles. The molecule has 0 saturated carbocycles. The molecule has 1 N–H and O–H groups in total. The van der Waals surface area contributed by atoms with Crippen molar-refractivity contribution in [2.45, 2.75) is 13.2 Å². The van der Waals surface area contributed by atoms with Gasteiger partial charge in [-0.25, -0.2) is 0 Å². The molecule has 0 unspecified atom stereocenters. The Balaban J connectivity index is 1.36. The van der Waals surface area contributed by atoms with Crippen molar-refractivity contribution in [2.75, 3.05) is 0 Å². The predicted octanol–water partition coefficient (Wildman–Crippen LogP) is 5.00. The van der Waals surface area contributed by atoms with Crippen molar-refractivity contribution in [1.82, 2.24) is 5.32 Å². The largest absolute Gasteiger partial charge is 0.489 e. The zero-order chi connectivity index (χ0) is 17.8. The molecule has 0 aliphatic carbocycles. The molecule has 130 valence electrons. The third-order valence-electron chi connectivity index (χ3n) is 4.01. The van der Waals surface area contributed by atoms with Gasteiger partial charge < -0.3 is 14.5 Å². The number of hydrogen-bond donors (Lipinski definition) is 1. The number of carbonyl (C=O) groups is 1. The van der Waals surface area contributed by atoms with Gasteiger partial charge in [0.2, 0.25) is 0 Å². The molecule has 0 saturated heterocycles. The Morgan fingerprint density at radius 1 is 1.04 bits per heavy atom. The molecule has 0 bridgehead atoms. The Morgan fingerprint density at radius 3 is 2.77 bits per heavy atom. The van der Waals surface area contributed by atoms with Crippen LogP contribution in [0, 0.1) is 0 Å². The summed E-state index contributed by atoms with van der Waals surface area (Å²) in [5.41, 5.74) is 0.978. The Bertz CT molecular complexity index is 1020. The van der Waals surface area contributed by atoms with Crippen molar-refractivity contribution in [3.63, 3.8) is 0 Å². The van der Waals surface area contributed by atoms with Crippen LogP contribution in [-0.4, -0.2) is 5.91 Å². The first kappa shape index (κ1) is 16.4. The van der Waals surface area contributed by atoms with E-state index in [0.29, 0.717) is 18.0 Å². The minimum absolute atomic E-state index is 0.108. The number of nitrogens with one attached hydrogen (secondary N) is 1. The molecular formula is C21H17NO3S. The van der Waals surface area contributed by atoms with Gasteiger partial charge in [-0.15, -0.1) is 11.3 Å². The van der Waals surface area contributed by atoms with E-state index in [4.69, 9.17) is 9.15 Å². The maximum absolute atomic E-state index is 12.2. The topological polar surface area (TPSA) is 51.5 Å². The molecule has 0 radical (unpaired) electrons. The number of rotatable bonds is 6. The van der Waals surface area contributed by atoms with Crippen molar-refractivity contribution >= 4 is 28.0 Å². The van der Waals surface area contributed by atoms with Gasteiger partial charge in [-0.1, -0.05) is 30.3 Å². The third kappa shape index (κ3) is 3.78. The van der Waals surface area contributed by atoms with Gasteiger partial charge in [0, 0.05) is 5.56 Å². The fraction of sp³-hybridized carbons (Fsp3) is 0.0952. The van der Waals surface area contributed by atoms with Gasteiger partial charge in [0.05, 0.1) is 17.7 Å². The van der Waals surface area contributed by atoms with E-state index < -0.39 is 0 Å². The normalized spacial score (nSPS) is 10.8. The number of hydrogen-bond acceptors (Lipinski definition) is 4. The minimum atomic E-state index is -0.108. The summed E-state index contributed by atoms with van der Waals surface area (Å²) < 4.78 is 11.1. The van der Waals surface area contributed by atoms with Gasteiger partial charge in [0.25, 0.3) is 5.91 Å². The standard InChI is InChI=1S/C21H17NO3S/c23-21(22-12-19-6-3-9-24-19)20-10-15(14-26-20)13-25-18-8-7-16-4-1-2-5-17(16)11-18/h1-11,14H,12-13H2,(H,22,23). The molecule has 0 aliphatic heterocycles. The lowest BCUT2D eigenvalue weighted by atomic mass is 10.1. The van der Waals surface area contributed by atoms with Crippen molar-refractivity contribution in [3.8, 4) is 5.75 Å². The molecule has 0 aliphatic rings. The molecule has 4 aromatic rings. The summed E-state index contributed by atoms with van der Waals surface area (Å²) in [4.78, 5) is 12.9. The Morgan fingerprint density at radius 2 is 1.92 bits per heavy atom. The predicted molar refractivity (Wildman–Crippen MR) is 102 cm³/mol. The van der Waals surface area contributed by atoms with Gasteiger partial charge >= 0.3 is 0 Å². The Kier molecular flexibility index (Phi) is 4.71. The van der Waals surface area contributed by atoms with Gasteiger partial charge in [-0.05, 0) is 46.5 Å². The summed E-state index contributed by atoms with van der Waals surface area (Å²) in [5.74, 6) is 1.44. The molecule has 1 amide bonds. The fourth-order valence-corrected chi connectivity index (χ4v) is 3.47. The van der Waals surface area contributed by atoms with E-state index in [-0.39, 0.29) is 5.91 Å². The number of thiophene rings is 1. The van der Waals surface area contributed by atoms with Gasteiger partial charge in [-0.2, -0.15) is 0 Å². The number of ether oxygens (including phenoxy) is 1. The summed E-state index contributed by atoms with van der Waals surface area (Å²) in [6.07, 6.45) is 1.59. The molecule has 0 fully saturated rings. The first-order chi connectivity index (χ1) is 12.8. The molecule has 4 nitrogen and oxygen atoms in total. The van der Waals surface area contributed by atoms with E-state index in [0.717, 1.165) is 22.5 Å². The van der Waals surface area contributed by atoms with E-state index in [9.17, 15) is 4.79 Å². The van der Waals surface area contributed by atoms with E-state index in [1.54, 1.807) is 12.3 Å². The van der Waals surface area contributed by atoms with Crippen LogP contribution in [0.5, 0.6) is 5.75 Å². The molecular weight excluding hydrogens is 346 g/mol. The van der Waals surface area contributed by atoms with Crippen LogP contribution in [0.1, 0.15) is 21.0 Å². The van der Waals surface area contributed by atoms with Gasteiger partial charge in [-0.3, -0.25) is 4.79 Å². The first-order valence-corrected chi connectivity index (χ1v) is 9.15. The number of carbonyl (C=O) groups excluding carboxylic acids is 1. The monoisotopic (exact) mass is 363 g/mol. The molecule has 2 aromatic carbocycles. The van der Waals surface area contributed by atoms with E-state index >= 15 is 0 Å². The van der Waals surface area contributed by atoms with Crippen LogP contribution in [0.15, 0.2) is 76.7 Å². The molecule has 0 spiro atoms. The highest BCUT2D eigenvalue weighted by molar-refractivity contribution is 7.12. The van der Waals surface area contributed by atoms with Crippen LogP contribution in [0.25, 0.3) is 10.8 Å². The summed E-state index contributed by atoms with van der Waals surface area (Å²) >= 11 is 1.41. The quantitative estimate of drug-likeness (QED) is 0.524. The summed E-state index contributed by atoms with van der Waals surface area (Å²) in [6.45, 7) is 0.812. The van der Waals surface area contributed by atoms with Crippen LogP contribution in [-0.2, 0) is 13.2 Å². The second-order valence-electron chi connectivity index (χ2n) is 5.88. The van der Waals surface area contributed by atoms with Crippen LogP contribution in [0.2, 0.25) is 0 Å². The van der Waals surface area contributed by atoms with Crippen LogP contribution in [0.4, 0.5) is 0 Å². The summed E-state index contributed by atoms with van der Waals surface area (Å²) in [6, 6.07) is 19.7. The summed E-state index contributed by atoms with van der Waals surface area (Å²) in [5, 5.41) is 7.13. The third-order valence-corrected chi connectivity index (χ3v) is 4.99. The first-order valence-electron chi connectivity index (χ1n) is 8.27. The zero-order valence-electron chi connectivity index (χ0n) is 14.0. The van der Waals surface area contributed by atoms with Crippen molar-refractivity contribution < 1.29 is 13.9 Å². The zero-order valence-corrected chi connectivity index (χ0v) is 14.8. The van der Waals surface area contributed by atoms with Crippen LogP contribution >= 0.6 is 11.3 Å². The molecule has 26 heavy (non-hydrogen) atoms. The fourth-order valence-electron chi connectivity index (χ4n) is 2.66. The maximum Gasteiger partial charge on any atom is 0.261 e. The number of benzene rings is 2. The SMILES string of the molecule is O=C(NCc1ccco1)c1cc(COc2ccc3ccccc3c2)cs1. The highest BCUT2D eigenvalue weighted by atomic mass is 32.1. The maximum atomic E-state index is 12.2. The number of amides is 1. The van der Waals surface area contributed by atoms with Crippen molar-refractivity contribution in [3.05, 3.63) is 88.5 Å². The highest BCUT2D eigenvalue weighted by Crippen LogP contribution is 2.22. The number of fused-ring (bicyclic) bond motifs is 1. The second kappa shape index (κ2) is 7.45. The molecule has 5 heteroatoms. The minimum Gasteiger partial charge on any atom is -0.489 e. The van der Waals surface area contributed by atoms with Crippen LogP contribution in [0.3, 0.4) is 0 Å². The Labute approximate surface area is 155 Å². The van der Waals surface area contributed by atoms with Gasteiger partial charge in [0.1, 0.15) is 18.1 Å². The molecule has 0 atom stereocenters. The van der Waals surface area contributed by atoms with E-state index in [2.05, 4.69) is 17.4 Å². The van der Waals surface area contributed by atoms with Gasteiger partial charge in [0.15, 0.2) is 0 Å². The average molecular weight is 363 g/mol. The smallest absolute Gasteiger partial charge is 0.261 e. The number of furan rings is 1. The van der Waals surface area contributed by atoms with E-state index in [1.165, 1.54) is 16.7 Å². The summed E-state index contributed by atoms with van der Waals surface area (Å²) in [7, 11) is 0. The average Bonchev–Trinajstić information content (AvgIpc) is 3.36. The Hall–Kier alpha value is -3.05. The second-order valence-corrected chi connectivity index (χ2v) is 6.79.